The highest BCUT2D eigenvalue weighted by molar-refractivity contribution is 5.67. The van der Waals surface area contributed by atoms with Gasteiger partial charge in [0.1, 0.15) is 12.4 Å². The maximum absolute atomic E-state index is 11.5. The van der Waals surface area contributed by atoms with Gasteiger partial charge in [-0.2, -0.15) is 0 Å². The molecule has 0 aliphatic rings. The van der Waals surface area contributed by atoms with Gasteiger partial charge >= 0.3 is 6.09 Å². The van der Waals surface area contributed by atoms with E-state index < -0.39 is 0 Å². The quantitative estimate of drug-likeness (QED) is 0.835. The van der Waals surface area contributed by atoms with E-state index in [4.69, 9.17) is 15.2 Å². The molecule has 0 spiro atoms. The highest BCUT2D eigenvalue weighted by Gasteiger charge is 2.08. The first-order valence-corrected chi connectivity index (χ1v) is 5.97. The molecule has 2 N–H and O–H groups in total. The van der Waals surface area contributed by atoms with Crippen molar-refractivity contribution in [2.24, 2.45) is 5.73 Å². The monoisotopic (exact) mass is 252 g/mol. The smallest absolute Gasteiger partial charge is 0.409 e. The van der Waals surface area contributed by atoms with Gasteiger partial charge in [0.15, 0.2) is 0 Å². The number of likely N-dealkylation sites (N-methyl/N-ethyl adjacent to an activating group) is 1. The van der Waals surface area contributed by atoms with Gasteiger partial charge in [-0.05, 0) is 24.6 Å². The molecule has 0 saturated carbocycles. The summed E-state index contributed by atoms with van der Waals surface area (Å²) in [6.07, 6.45) is -0.366. The predicted molar refractivity (Wildman–Crippen MR) is 69.5 cm³/mol. The Hall–Kier alpha value is -1.75. The van der Waals surface area contributed by atoms with E-state index in [0.717, 1.165) is 11.3 Å². The molecule has 100 valence electrons. The minimum absolute atomic E-state index is 0.250. The topological polar surface area (TPSA) is 64.8 Å². The minimum atomic E-state index is -0.366. The maximum atomic E-state index is 11.5. The second kappa shape index (κ2) is 7.55. The van der Waals surface area contributed by atoms with Crippen molar-refractivity contribution in [3.8, 4) is 5.75 Å². The third-order valence-electron chi connectivity index (χ3n) is 2.37. The maximum Gasteiger partial charge on any atom is 0.409 e. The minimum Gasteiger partial charge on any atom is -0.494 e. The number of benzene rings is 1. The van der Waals surface area contributed by atoms with Gasteiger partial charge in [-0.1, -0.05) is 12.1 Å². The zero-order valence-corrected chi connectivity index (χ0v) is 10.9. The zero-order chi connectivity index (χ0) is 13.4. The lowest BCUT2D eigenvalue weighted by Crippen LogP contribution is -2.32. The number of carbonyl (C=O) groups is 1. The third kappa shape index (κ3) is 4.63. The highest BCUT2D eigenvalue weighted by atomic mass is 16.6. The normalized spacial score (nSPS) is 9.94. The fourth-order valence-corrected chi connectivity index (χ4v) is 1.39. The second-order valence-electron chi connectivity index (χ2n) is 3.84. The molecular weight excluding hydrogens is 232 g/mol. The number of hydrogen-bond acceptors (Lipinski definition) is 4. The molecule has 5 heteroatoms. The van der Waals surface area contributed by atoms with Crippen LogP contribution < -0.4 is 10.5 Å². The molecule has 0 saturated heterocycles. The lowest BCUT2D eigenvalue weighted by molar-refractivity contribution is 0.105. The van der Waals surface area contributed by atoms with Crippen LogP contribution in [-0.2, 0) is 11.3 Å². The first-order chi connectivity index (χ1) is 8.67. The molecule has 0 fully saturated rings. The summed E-state index contributed by atoms with van der Waals surface area (Å²) >= 11 is 0. The molecule has 0 radical (unpaired) electrons. The molecule has 0 aliphatic carbocycles. The average Bonchev–Trinajstić information content (AvgIpc) is 2.38. The van der Waals surface area contributed by atoms with Crippen molar-refractivity contribution >= 4 is 6.09 Å². The first kappa shape index (κ1) is 14.3. The van der Waals surface area contributed by atoms with Crippen LogP contribution in [0.1, 0.15) is 12.5 Å². The molecule has 0 atom stereocenters. The van der Waals surface area contributed by atoms with Crippen molar-refractivity contribution in [1.29, 1.82) is 0 Å². The predicted octanol–water partition coefficient (Wildman–Crippen LogP) is 1.61. The van der Waals surface area contributed by atoms with E-state index in [1.807, 2.05) is 31.2 Å². The average molecular weight is 252 g/mol. The van der Waals surface area contributed by atoms with E-state index in [1.165, 1.54) is 4.90 Å². The third-order valence-corrected chi connectivity index (χ3v) is 2.37. The Morgan fingerprint density at radius 3 is 2.56 bits per heavy atom. The number of rotatable bonds is 6. The van der Waals surface area contributed by atoms with Gasteiger partial charge in [0.05, 0.1) is 6.61 Å². The molecule has 0 unspecified atom stereocenters. The summed E-state index contributed by atoms with van der Waals surface area (Å²) in [5.41, 5.74) is 6.28. The summed E-state index contributed by atoms with van der Waals surface area (Å²) in [5.74, 6) is 0.813. The van der Waals surface area contributed by atoms with Crippen LogP contribution in [0.15, 0.2) is 24.3 Å². The molecule has 0 heterocycles. The van der Waals surface area contributed by atoms with Crippen molar-refractivity contribution in [2.45, 2.75) is 13.5 Å². The Labute approximate surface area is 107 Å². The lowest BCUT2D eigenvalue weighted by atomic mass is 10.2. The van der Waals surface area contributed by atoms with Crippen molar-refractivity contribution in [3.63, 3.8) is 0 Å². The number of carbonyl (C=O) groups excluding carboxylic acids is 1. The van der Waals surface area contributed by atoms with Gasteiger partial charge in [-0.25, -0.2) is 4.79 Å². The van der Waals surface area contributed by atoms with Crippen LogP contribution in [-0.4, -0.2) is 37.7 Å². The molecule has 1 aromatic carbocycles. The molecule has 5 nitrogen and oxygen atoms in total. The summed E-state index contributed by atoms with van der Waals surface area (Å²) in [7, 11) is 1.66. The molecule has 18 heavy (non-hydrogen) atoms. The lowest BCUT2D eigenvalue weighted by Gasteiger charge is -2.15. The van der Waals surface area contributed by atoms with Crippen LogP contribution in [0.2, 0.25) is 0 Å². The molecule has 0 aromatic heterocycles. The summed E-state index contributed by atoms with van der Waals surface area (Å²) in [6.45, 7) is 3.73. The van der Waals surface area contributed by atoms with Crippen LogP contribution >= 0.6 is 0 Å². The summed E-state index contributed by atoms with van der Waals surface area (Å²) in [5, 5.41) is 0. The van der Waals surface area contributed by atoms with Gasteiger partial charge in [0, 0.05) is 20.1 Å². The summed E-state index contributed by atoms with van der Waals surface area (Å²) < 4.78 is 10.5. The Morgan fingerprint density at radius 1 is 1.33 bits per heavy atom. The van der Waals surface area contributed by atoms with E-state index in [1.54, 1.807) is 7.05 Å². The van der Waals surface area contributed by atoms with E-state index in [9.17, 15) is 4.79 Å². The Morgan fingerprint density at radius 2 is 2.00 bits per heavy atom. The Balaban J connectivity index is 2.41. The van der Waals surface area contributed by atoms with E-state index in [2.05, 4.69) is 0 Å². The van der Waals surface area contributed by atoms with E-state index in [-0.39, 0.29) is 12.7 Å². The van der Waals surface area contributed by atoms with Gasteiger partial charge in [0.25, 0.3) is 0 Å². The number of nitrogens with zero attached hydrogens (tertiary/aromatic N) is 1. The number of nitrogens with two attached hydrogens (primary N) is 1. The molecule has 1 amide bonds. The fourth-order valence-electron chi connectivity index (χ4n) is 1.39. The molecule has 0 bridgehead atoms. The summed E-state index contributed by atoms with van der Waals surface area (Å²) in [6, 6.07) is 7.47. The molecule has 0 aliphatic heterocycles. The first-order valence-electron chi connectivity index (χ1n) is 5.97. The number of amides is 1. The standard InChI is InChI=1S/C13H20N2O3/c1-3-17-12-6-4-11(5-7-12)10-18-13(16)15(2)9-8-14/h4-7H,3,8-10,14H2,1-2H3. The Kier molecular flexibility index (Phi) is 6.00. The zero-order valence-electron chi connectivity index (χ0n) is 10.9. The molecule has 1 aromatic rings. The SMILES string of the molecule is CCOc1ccc(COC(=O)N(C)CCN)cc1. The van der Waals surface area contributed by atoms with E-state index in [0.29, 0.717) is 19.7 Å². The Bertz CT molecular complexity index is 365. The van der Waals surface area contributed by atoms with Crippen LogP contribution in [0.5, 0.6) is 5.75 Å². The van der Waals surface area contributed by atoms with Gasteiger partial charge in [0.2, 0.25) is 0 Å². The highest BCUT2D eigenvalue weighted by Crippen LogP contribution is 2.12. The van der Waals surface area contributed by atoms with Crippen LogP contribution in [0.3, 0.4) is 0 Å². The van der Waals surface area contributed by atoms with Crippen molar-refractivity contribution in [2.75, 3.05) is 26.7 Å². The second-order valence-corrected chi connectivity index (χ2v) is 3.84. The van der Waals surface area contributed by atoms with Gasteiger partial charge < -0.3 is 20.1 Å². The fraction of sp³-hybridized carbons (Fsp3) is 0.462. The molecular formula is C13H20N2O3. The largest absolute Gasteiger partial charge is 0.494 e. The van der Waals surface area contributed by atoms with Crippen LogP contribution in [0.25, 0.3) is 0 Å². The van der Waals surface area contributed by atoms with Crippen molar-refractivity contribution < 1.29 is 14.3 Å². The van der Waals surface area contributed by atoms with E-state index >= 15 is 0 Å². The van der Waals surface area contributed by atoms with Gasteiger partial charge in [-0.15, -0.1) is 0 Å². The van der Waals surface area contributed by atoms with Gasteiger partial charge in [-0.3, -0.25) is 0 Å². The number of ether oxygens (including phenoxy) is 2. The summed E-state index contributed by atoms with van der Waals surface area (Å²) in [4.78, 5) is 13.0. The van der Waals surface area contributed by atoms with Crippen LogP contribution in [0.4, 0.5) is 4.79 Å². The van der Waals surface area contributed by atoms with Crippen LogP contribution in [0, 0.1) is 0 Å². The van der Waals surface area contributed by atoms with Crippen molar-refractivity contribution in [3.05, 3.63) is 29.8 Å². The number of hydrogen-bond donors (Lipinski definition) is 1. The van der Waals surface area contributed by atoms with Crippen molar-refractivity contribution in [1.82, 2.24) is 4.90 Å². The molecule has 1 rings (SSSR count).